The van der Waals surface area contributed by atoms with E-state index in [1.807, 2.05) is 0 Å². The van der Waals surface area contributed by atoms with Gasteiger partial charge in [0.1, 0.15) is 39.3 Å². The number of ether oxygens (including phenoxy) is 2. The van der Waals surface area contributed by atoms with Crippen molar-refractivity contribution in [1.29, 1.82) is 0 Å². The lowest BCUT2D eigenvalue weighted by Gasteiger charge is -2.37. The zero-order valence-corrected chi connectivity index (χ0v) is 24.0. The van der Waals surface area contributed by atoms with Crippen LogP contribution in [0, 0.1) is 0 Å². The molecule has 0 radical (unpaired) electrons. The number of aliphatic carboxylic acids is 1. The number of likely N-dealkylation sites (N-methyl/N-ethyl adjacent to an activating group) is 2. The fourth-order valence-corrected chi connectivity index (χ4v) is 4.64. The van der Waals surface area contributed by atoms with Crippen molar-refractivity contribution in [3.8, 4) is 0 Å². The molecule has 0 saturated carbocycles. The van der Waals surface area contributed by atoms with E-state index in [-0.39, 0.29) is 5.48 Å². The Balaban J connectivity index is 0.000000295. The van der Waals surface area contributed by atoms with Gasteiger partial charge in [-0.15, -0.1) is 0 Å². The largest absolute Gasteiger partial charge is 0.480 e. The summed E-state index contributed by atoms with van der Waals surface area (Å²) in [6.45, 7) is 9.98. The van der Waals surface area contributed by atoms with Gasteiger partial charge in [0.15, 0.2) is 0 Å². The number of morpholine rings is 2. The van der Waals surface area contributed by atoms with Crippen molar-refractivity contribution in [1.82, 2.24) is 5.32 Å². The Labute approximate surface area is 231 Å². The van der Waals surface area contributed by atoms with E-state index >= 15 is 0 Å². The molecule has 2 aromatic rings. The zero-order valence-electron chi connectivity index (χ0n) is 23.1. The molecular formula is C27H46N3O8P+2. The molecule has 11 nitrogen and oxygen atoms in total. The van der Waals surface area contributed by atoms with Crippen LogP contribution in [-0.4, -0.2) is 115 Å². The summed E-state index contributed by atoms with van der Waals surface area (Å²) >= 11 is 0. The molecule has 220 valence electrons. The summed E-state index contributed by atoms with van der Waals surface area (Å²) in [6, 6.07) is 21.4. The lowest BCUT2D eigenvalue weighted by molar-refractivity contribution is -0.929. The molecule has 0 aliphatic carbocycles. The summed E-state index contributed by atoms with van der Waals surface area (Å²) in [6.07, 6.45) is -0.598. The van der Waals surface area contributed by atoms with Gasteiger partial charge in [-0.05, 0) is 0 Å². The monoisotopic (exact) mass is 571 g/mol. The molecule has 2 heterocycles. The smallest absolute Gasteiger partial charge is 0.339 e. The number of hydrogen-bond donors (Lipinski definition) is 4. The molecule has 39 heavy (non-hydrogen) atoms. The van der Waals surface area contributed by atoms with E-state index in [0.29, 0.717) is 0 Å². The van der Waals surface area contributed by atoms with E-state index in [1.54, 1.807) is 0 Å². The van der Waals surface area contributed by atoms with E-state index in [2.05, 4.69) is 80.1 Å². The van der Waals surface area contributed by atoms with Crippen LogP contribution in [0.4, 0.5) is 0 Å². The molecule has 0 spiro atoms. The molecular weight excluding hydrogens is 525 g/mol. The van der Waals surface area contributed by atoms with Crippen molar-refractivity contribution in [3.05, 3.63) is 71.8 Å². The standard InChI is InChI=1S/2C12H18NO.C3H8NO5P.H2O/c2*1-13(7-9-14-10-8-13)11-12-5-3-2-4-6-12;5-3(6)1-4-2-10(7,8)9;/h2*2-6H,7-11H2,1H3;4H,1-2H2,(H,5,6)(H2,7,8,9);1H2/q2*+1;;. The van der Waals surface area contributed by atoms with Crippen LogP contribution >= 0.6 is 7.60 Å². The van der Waals surface area contributed by atoms with Gasteiger partial charge in [-0.1, -0.05) is 60.7 Å². The van der Waals surface area contributed by atoms with Crippen LogP contribution in [0.15, 0.2) is 60.7 Å². The molecule has 4 rings (SSSR count). The maximum atomic E-state index is 10.1. The van der Waals surface area contributed by atoms with Crippen LogP contribution in [0.5, 0.6) is 0 Å². The molecule has 2 aliphatic heterocycles. The van der Waals surface area contributed by atoms with Gasteiger partial charge in [0.2, 0.25) is 0 Å². The SMILES string of the molecule is C[N+]1(Cc2ccccc2)CCOCC1.C[N+]1(Cc2ccccc2)CCOCC1.O.O=C(O)CNCP(=O)(O)O. The first-order valence-corrected chi connectivity index (χ1v) is 14.7. The van der Waals surface area contributed by atoms with Gasteiger partial charge in [0.25, 0.3) is 0 Å². The van der Waals surface area contributed by atoms with Crippen molar-refractivity contribution >= 4 is 13.6 Å². The highest BCUT2D eigenvalue weighted by Crippen LogP contribution is 2.31. The Kier molecular flexibility index (Phi) is 15.6. The van der Waals surface area contributed by atoms with Crippen molar-refractivity contribution in [2.24, 2.45) is 0 Å². The Bertz CT molecular complexity index is 918. The third-order valence-corrected chi connectivity index (χ3v) is 7.15. The van der Waals surface area contributed by atoms with E-state index in [1.165, 1.54) is 11.1 Å². The van der Waals surface area contributed by atoms with Crippen LogP contribution in [-0.2, 0) is 31.9 Å². The van der Waals surface area contributed by atoms with E-state index < -0.39 is 26.4 Å². The highest BCUT2D eigenvalue weighted by Gasteiger charge is 2.26. The number of hydrogen-bond acceptors (Lipinski definition) is 5. The molecule has 12 heteroatoms. The number of rotatable bonds is 8. The number of benzene rings is 2. The molecule has 2 aromatic carbocycles. The van der Waals surface area contributed by atoms with Gasteiger partial charge in [-0.25, -0.2) is 0 Å². The van der Waals surface area contributed by atoms with Crippen LogP contribution < -0.4 is 5.32 Å². The average molecular weight is 572 g/mol. The normalized spacial score (nSPS) is 17.7. The molecule has 0 bridgehead atoms. The van der Waals surface area contributed by atoms with Gasteiger partial charge in [0.05, 0.1) is 53.4 Å². The van der Waals surface area contributed by atoms with Gasteiger partial charge >= 0.3 is 13.6 Å². The van der Waals surface area contributed by atoms with Gasteiger partial charge in [-0.2, -0.15) is 0 Å². The highest BCUT2D eigenvalue weighted by atomic mass is 31.2. The number of nitrogens with zero attached hydrogens (tertiary/aromatic N) is 2. The predicted molar refractivity (Wildman–Crippen MR) is 150 cm³/mol. The predicted octanol–water partition coefficient (Wildman–Crippen LogP) is 1.30. The summed E-state index contributed by atoms with van der Waals surface area (Å²) in [5.74, 6) is -1.14. The van der Waals surface area contributed by atoms with E-state index in [4.69, 9.17) is 24.4 Å². The number of carboxylic acid groups (broad SMARTS) is 1. The fraction of sp³-hybridized carbons (Fsp3) is 0.519. The highest BCUT2D eigenvalue weighted by molar-refractivity contribution is 7.51. The minimum absolute atomic E-state index is 0. The zero-order chi connectivity index (χ0) is 27.9. The van der Waals surface area contributed by atoms with Crippen LogP contribution in [0.2, 0.25) is 0 Å². The first-order valence-electron chi connectivity index (χ1n) is 12.9. The number of carboxylic acids is 1. The van der Waals surface area contributed by atoms with Crippen molar-refractivity contribution in [3.63, 3.8) is 0 Å². The Morgan fingerprint density at radius 1 is 0.795 bits per heavy atom. The molecule has 2 aliphatic rings. The lowest BCUT2D eigenvalue weighted by Crippen LogP contribution is -2.51. The molecule has 0 unspecified atom stereocenters. The fourth-order valence-electron chi connectivity index (χ4n) is 4.24. The molecule has 2 fully saturated rings. The molecule has 2 saturated heterocycles. The van der Waals surface area contributed by atoms with Gasteiger partial charge < -0.3 is 38.8 Å². The Morgan fingerprint density at radius 3 is 1.46 bits per heavy atom. The first-order chi connectivity index (χ1) is 18.0. The van der Waals surface area contributed by atoms with E-state index in [9.17, 15) is 9.36 Å². The topological polar surface area (TPSA) is 157 Å². The van der Waals surface area contributed by atoms with Crippen LogP contribution in [0.25, 0.3) is 0 Å². The summed E-state index contributed by atoms with van der Waals surface area (Å²) in [5.41, 5.74) is 2.86. The van der Waals surface area contributed by atoms with Crippen molar-refractivity contribution in [2.45, 2.75) is 13.1 Å². The minimum atomic E-state index is -4.10. The van der Waals surface area contributed by atoms with Crippen molar-refractivity contribution in [2.75, 3.05) is 79.5 Å². The molecule has 0 aromatic heterocycles. The lowest BCUT2D eigenvalue weighted by atomic mass is 10.2. The molecule has 0 amide bonds. The van der Waals surface area contributed by atoms with Crippen molar-refractivity contribution < 1.29 is 48.2 Å². The summed E-state index contributed by atoms with van der Waals surface area (Å²) in [7, 11) is 0.534. The van der Waals surface area contributed by atoms with Gasteiger partial charge in [0, 0.05) is 11.1 Å². The average Bonchev–Trinajstić information content (AvgIpc) is 2.85. The maximum Gasteiger partial charge on any atom is 0.339 e. The van der Waals surface area contributed by atoms with Gasteiger partial charge in [-0.3, -0.25) is 14.7 Å². The summed E-state index contributed by atoms with van der Waals surface area (Å²) in [4.78, 5) is 26.1. The molecule has 6 N–H and O–H groups in total. The summed E-state index contributed by atoms with van der Waals surface area (Å²) < 4.78 is 23.1. The second-order valence-corrected chi connectivity index (χ2v) is 11.9. The Morgan fingerprint density at radius 2 is 1.15 bits per heavy atom. The quantitative estimate of drug-likeness (QED) is 0.273. The van der Waals surface area contributed by atoms with Crippen LogP contribution in [0.3, 0.4) is 0 Å². The first kappa shape index (κ1) is 34.8. The maximum absolute atomic E-state index is 10.1. The second-order valence-electron chi connectivity index (χ2n) is 10.3. The van der Waals surface area contributed by atoms with E-state index in [0.717, 1.165) is 74.7 Å². The Hall–Kier alpha value is -2.18. The third kappa shape index (κ3) is 15.9. The third-order valence-electron chi connectivity index (χ3n) is 6.51. The molecule has 0 atom stereocenters. The second kappa shape index (κ2) is 17.5. The minimum Gasteiger partial charge on any atom is -0.480 e. The number of carbonyl (C=O) groups is 1. The number of nitrogens with one attached hydrogen (secondary N) is 1. The van der Waals surface area contributed by atoms with Crippen LogP contribution in [0.1, 0.15) is 11.1 Å². The number of quaternary nitrogens is 2. The summed E-state index contributed by atoms with van der Waals surface area (Å²) in [5, 5.41) is 10.1.